The smallest absolute Gasteiger partial charge is 0.271 e. The van der Waals surface area contributed by atoms with E-state index in [-0.39, 0.29) is 17.9 Å². The number of aromatic nitrogens is 2. The van der Waals surface area contributed by atoms with Crippen molar-refractivity contribution < 1.29 is 9.59 Å². The van der Waals surface area contributed by atoms with Crippen LogP contribution in [0.1, 0.15) is 39.0 Å². The first-order chi connectivity index (χ1) is 17.2. The van der Waals surface area contributed by atoms with Gasteiger partial charge < -0.3 is 14.8 Å². The summed E-state index contributed by atoms with van der Waals surface area (Å²) in [4.78, 5) is 32.9. The molecule has 6 nitrogen and oxygen atoms in total. The van der Waals surface area contributed by atoms with Gasteiger partial charge in [0.1, 0.15) is 17.6 Å². The number of rotatable bonds is 7. The van der Waals surface area contributed by atoms with Crippen molar-refractivity contribution >= 4 is 11.8 Å². The van der Waals surface area contributed by atoms with Crippen LogP contribution in [0.3, 0.4) is 0 Å². The Labute approximate surface area is 205 Å². The molecule has 5 rings (SSSR count). The Hall–Kier alpha value is -4.19. The first kappa shape index (κ1) is 22.6. The molecule has 0 saturated heterocycles. The topological polar surface area (TPSA) is 67.2 Å². The minimum Gasteiger partial charge on any atom is -0.350 e. The van der Waals surface area contributed by atoms with Gasteiger partial charge in [-0.15, -0.1) is 0 Å². The van der Waals surface area contributed by atoms with Gasteiger partial charge in [-0.05, 0) is 23.1 Å². The summed E-state index contributed by atoms with van der Waals surface area (Å²) in [6, 6.07) is 29.4. The molecule has 1 N–H and O–H groups in total. The van der Waals surface area contributed by atoms with E-state index < -0.39 is 0 Å². The number of amides is 2. The van der Waals surface area contributed by atoms with Crippen LogP contribution in [0.15, 0.2) is 97.2 Å². The summed E-state index contributed by atoms with van der Waals surface area (Å²) in [6.45, 7) is 1.70. The lowest BCUT2D eigenvalue weighted by Crippen LogP contribution is -2.43. The third-order valence-electron chi connectivity index (χ3n) is 6.35. The molecular weight excluding hydrogens is 436 g/mol. The molecule has 0 fully saturated rings. The summed E-state index contributed by atoms with van der Waals surface area (Å²) < 4.78 is 2.01. The van der Waals surface area contributed by atoms with E-state index in [0.717, 1.165) is 23.4 Å². The number of benzene rings is 3. The number of hydrogen-bond donors (Lipinski definition) is 1. The van der Waals surface area contributed by atoms with E-state index in [9.17, 15) is 9.59 Å². The van der Waals surface area contributed by atoms with Crippen molar-refractivity contribution in [3.8, 4) is 0 Å². The number of fused-ring (bicyclic) bond motifs is 1. The maximum atomic E-state index is 13.4. The molecule has 176 valence electrons. The van der Waals surface area contributed by atoms with Crippen LogP contribution in [-0.4, -0.2) is 39.4 Å². The van der Waals surface area contributed by atoms with Gasteiger partial charge in [-0.25, -0.2) is 4.98 Å². The largest absolute Gasteiger partial charge is 0.350 e. The van der Waals surface area contributed by atoms with Gasteiger partial charge in [0.15, 0.2) is 0 Å². The predicted octanol–water partition coefficient (Wildman–Crippen LogP) is 4.03. The molecule has 4 aromatic rings. The van der Waals surface area contributed by atoms with Gasteiger partial charge in [0.05, 0.1) is 6.42 Å². The Kier molecular flexibility index (Phi) is 6.70. The summed E-state index contributed by atoms with van der Waals surface area (Å²) in [7, 11) is 0. The fraction of sp³-hybridized carbons (Fsp3) is 0.207. The highest BCUT2D eigenvalue weighted by molar-refractivity contribution is 5.92. The molecule has 1 atom stereocenters. The van der Waals surface area contributed by atoms with Crippen molar-refractivity contribution in [1.82, 2.24) is 19.8 Å². The average molecular weight is 465 g/mol. The minimum absolute atomic E-state index is 0.0492. The molecule has 0 aliphatic carbocycles. The van der Waals surface area contributed by atoms with Crippen LogP contribution >= 0.6 is 0 Å². The zero-order valence-electron chi connectivity index (χ0n) is 19.5. The molecule has 0 saturated carbocycles. The second-order valence-corrected chi connectivity index (χ2v) is 8.73. The van der Waals surface area contributed by atoms with Crippen LogP contribution in [-0.2, 0) is 24.2 Å². The van der Waals surface area contributed by atoms with Gasteiger partial charge in [0, 0.05) is 25.8 Å². The zero-order valence-corrected chi connectivity index (χ0v) is 19.5. The Bertz CT molecular complexity index is 1290. The number of imidazole rings is 1. The van der Waals surface area contributed by atoms with Gasteiger partial charge >= 0.3 is 0 Å². The van der Waals surface area contributed by atoms with Crippen LogP contribution in [0, 0.1) is 0 Å². The summed E-state index contributed by atoms with van der Waals surface area (Å²) in [5, 5.41) is 2.98. The minimum atomic E-state index is -0.341. The monoisotopic (exact) mass is 464 g/mol. The summed E-state index contributed by atoms with van der Waals surface area (Å²) in [5.41, 5.74) is 3.52. The molecule has 1 aliphatic rings. The van der Waals surface area contributed by atoms with E-state index in [0.29, 0.717) is 31.7 Å². The van der Waals surface area contributed by atoms with Crippen LogP contribution in [0.5, 0.6) is 0 Å². The molecule has 35 heavy (non-hydrogen) atoms. The Morgan fingerprint density at radius 1 is 0.829 bits per heavy atom. The number of nitrogens with zero attached hydrogens (tertiary/aromatic N) is 3. The number of carbonyl (C=O) groups excluding carboxylic acids is 2. The summed E-state index contributed by atoms with van der Waals surface area (Å²) in [5.74, 6) is 0.571. The van der Waals surface area contributed by atoms with Crippen molar-refractivity contribution in [3.63, 3.8) is 0 Å². The SMILES string of the molecule is O=C(NCCc1ccccc1)c1cn2c(n1)C(c1ccccc1)N(C(=O)Cc1ccccc1)CC2. The van der Waals surface area contributed by atoms with Crippen LogP contribution in [0.25, 0.3) is 0 Å². The molecule has 1 aromatic heterocycles. The Morgan fingerprint density at radius 2 is 1.46 bits per heavy atom. The molecule has 1 unspecified atom stereocenters. The quantitative estimate of drug-likeness (QED) is 0.449. The highest BCUT2D eigenvalue weighted by Crippen LogP contribution is 2.32. The number of hydrogen-bond acceptors (Lipinski definition) is 3. The van der Waals surface area contributed by atoms with E-state index in [2.05, 4.69) is 5.32 Å². The lowest BCUT2D eigenvalue weighted by molar-refractivity contribution is -0.133. The lowest BCUT2D eigenvalue weighted by atomic mass is 10.0. The number of carbonyl (C=O) groups is 2. The van der Waals surface area contributed by atoms with Gasteiger partial charge in [0.25, 0.3) is 5.91 Å². The number of nitrogens with one attached hydrogen (secondary N) is 1. The van der Waals surface area contributed by atoms with Gasteiger partial charge in [-0.3, -0.25) is 9.59 Å². The molecular formula is C29H28N4O2. The summed E-state index contributed by atoms with van der Waals surface area (Å²) in [6.07, 6.45) is 2.90. The van der Waals surface area contributed by atoms with Crippen molar-refractivity contribution in [2.45, 2.75) is 25.4 Å². The maximum Gasteiger partial charge on any atom is 0.271 e. The molecule has 2 amide bonds. The fourth-order valence-electron chi connectivity index (χ4n) is 4.58. The van der Waals surface area contributed by atoms with E-state index in [1.165, 1.54) is 5.56 Å². The zero-order chi connectivity index (χ0) is 24.0. The summed E-state index contributed by atoms with van der Waals surface area (Å²) >= 11 is 0. The van der Waals surface area contributed by atoms with Crippen molar-refractivity contribution in [2.24, 2.45) is 0 Å². The van der Waals surface area contributed by atoms with Crippen molar-refractivity contribution in [1.29, 1.82) is 0 Å². The van der Waals surface area contributed by atoms with E-state index >= 15 is 0 Å². The normalized spacial score (nSPS) is 14.9. The molecule has 0 bridgehead atoms. The van der Waals surface area contributed by atoms with Gasteiger partial charge in [-0.2, -0.15) is 0 Å². The second-order valence-electron chi connectivity index (χ2n) is 8.73. The molecule has 0 spiro atoms. The Morgan fingerprint density at radius 3 is 2.14 bits per heavy atom. The van der Waals surface area contributed by atoms with Crippen molar-refractivity contribution in [3.05, 3.63) is 125 Å². The van der Waals surface area contributed by atoms with E-state index in [4.69, 9.17) is 4.98 Å². The van der Waals surface area contributed by atoms with Crippen LogP contribution in [0.4, 0.5) is 0 Å². The first-order valence-corrected chi connectivity index (χ1v) is 12.0. The van der Waals surface area contributed by atoms with Crippen LogP contribution in [0.2, 0.25) is 0 Å². The molecule has 3 aromatic carbocycles. The van der Waals surface area contributed by atoms with Gasteiger partial charge in [-0.1, -0.05) is 91.0 Å². The molecule has 0 radical (unpaired) electrons. The Balaban J connectivity index is 1.36. The maximum absolute atomic E-state index is 13.4. The van der Waals surface area contributed by atoms with Crippen LogP contribution < -0.4 is 5.32 Å². The third kappa shape index (κ3) is 5.17. The average Bonchev–Trinajstić information content (AvgIpc) is 3.34. The lowest BCUT2D eigenvalue weighted by Gasteiger charge is -2.36. The second kappa shape index (κ2) is 10.4. The highest BCUT2D eigenvalue weighted by atomic mass is 16.2. The highest BCUT2D eigenvalue weighted by Gasteiger charge is 2.34. The van der Waals surface area contributed by atoms with E-state index in [1.54, 1.807) is 0 Å². The predicted molar refractivity (Wildman–Crippen MR) is 135 cm³/mol. The van der Waals surface area contributed by atoms with Crippen molar-refractivity contribution in [2.75, 3.05) is 13.1 Å². The van der Waals surface area contributed by atoms with E-state index in [1.807, 2.05) is 107 Å². The molecule has 2 heterocycles. The molecule has 6 heteroatoms. The van der Waals surface area contributed by atoms with Gasteiger partial charge in [0.2, 0.25) is 5.91 Å². The third-order valence-corrected chi connectivity index (χ3v) is 6.35. The first-order valence-electron chi connectivity index (χ1n) is 12.0. The fourth-order valence-corrected chi connectivity index (χ4v) is 4.58. The standard InChI is InChI=1S/C29H28N4O2/c34-26(20-23-12-6-2-7-13-23)33-19-18-32-21-25(29(35)30-17-16-22-10-4-1-5-11-22)31-28(32)27(33)24-14-8-3-9-15-24/h1-15,21,27H,16-20H2,(H,30,35). The molecule has 1 aliphatic heterocycles.